The Kier molecular flexibility index (Phi) is 4.75. The lowest BCUT2D eigenvalue weighted by atomic mass is 10.0. The summed E-state index contributed by atoms with van der Waals surface area (Å²) in [5.41, 5.74) is 0.324. The number of carbonyl (C=O) groups is 1. The quantitative estimate of drug-likeness (QED) is 0.892. The topological polar surface area (TPSA) is 76.6 Å². The van der Waals surface area contributed by atoms with E-state index < -0.39 is 17.5 Å². The molecule has 142 valence electrons. The van der Waals surface area contributed by atoms with Crippen LogP contribution in [0.4, 0.5) is 15.9 Å². The molecular formula is C19H21FN4O3. The smallest absolute Gasteiger partial charge is 0.274 e. The highest BCUT2D eigenvalue weighted by Gasteiger charge is 2.40. The van der Waals surface area contributed by atoms with Crippen LogP contribution in [0.2, 0.25) is 0 Å². The number of para-hydroxylation sites is 1. The molecule has 2 aliphatic heterocycles. The van der Waals surface area contributed by atoms with E-state index in [1.54, 1.807) is 25.1 Å². The van der Waals surface area contributed by atoms with Crippen LogP contribution in [0.15, 0.2) is 30.3 Å². The monoisotopic (exact) mass is 372 g/mol. The van der Waals surface area contributed by atoms with Crippen molar-refractivity contribution in [3.63, 3.8) is 0 Å². The van der Waals surface area contributed by atoms with Crippen LogP contribution in [0.1, 0.15) is 29.2 Å². The van der Waals surface area contributed by atoms with E-state index >= 15 is 0 Å². The van der Waals surface area contributed by atoms with Crippen LogP contribution in [-0.2, 0) is 9.47 Å². The van der Waals surface area contributed by atoms with Crippen LogP contribution in [-0.4, -0.2) is 48.0 Å². The van der Waals surface area contributed by atoms with Gasteiger partial charge in [-0.2, -0.15) is 0 Å². The highest BCUT2D eigenvalue weighted by Crippen LogP contribution is 2.32. The molecule has 1 N–H and O–H groups in total. The first-order chi connectivity index (χ1) is 13.0. The largest absolute Gasteiger partial charge is 0.356 e. The number of anilines is 2. The van der Waals surface area contributed by atoms with Crippen LogP contribution in [0.5, 0.6) is 0 Å². The van der Waals surface area contributed by atoms with Crippen molar-refractivity contribution in [3.05, 3.63) is 47.7 Å². The lowest BCUT2D eigenvalue weighted by molar-refractivity contribution is -0.169. The maximum Gasteiger partial charge on any atom is 0.274 e. The van der Waals surface area contributed by atoms with Gasteiger partial charge >= 0.3 is 0 Å². The first-order valence-corrected chi connectivity index (χ1v) is 8.99. The van der Waals surface area contributed by atoms with Crippen molar-refractivity contribution in [3.8, 4) is 0 Å². The van der Waals surface area contributed by atoms with Gasteiger partial charge in [0.05, 0.1) is 18.9 Å². The SMILES string of the molecule is Cc1nc(C(=O)Nc2ccccc2F)cc(N2CCC3(CC2)OCCO3)n1. The van der Waals surface area contributed by atoms with E-state index in [9.17, 15) is 9.18 Å². The summed E-state index contributed by atoms with van der Waals surface area (Å²) in [5.74, 6) is -0.268. The third-order valence-electron chi connectivity index (χ3n) is 4.84. The minimum Gasteiger partial charge on any atom is -0.356 e. The van der Waals surface area contributed by atoms with Gasteiger partial charge in [-0.05, 0) is 19.1 Å². The fourth-order valence-corrected chi connectivity index (χ4v) is 3.44. The molecule has 0 unspecified atom stereocenters. The van der Waals surface area contributed by atoms with Gasteiger partial charge in [0.2, 0.25) is 0 Å². The van der Waals surface area contributed by atoms with Crippen LogP contribution in [0.25, 0.3) is 0 Å². The van der Waals surface area contributed by atoms with E-state index in [0.717, 1.165) is 12.8 Å². The molecule has 0 radical (unpaired) electrons. The van der Waals surface area contributed by atoms with Crippen LogP contribution >= 0.6 is 0 Å². The molecule has 3 heterocycles. The number of rotatable bonds is 3. The molecule has 2 saturated heterocycles. The summed E-state index contributed by atoms with van der Waals surface area (Å²) in [5, 5.41) is 2.56. The van der Waals surface area contributed by atoms with Crippen molar-refractivity contribution in [2.75, 3.05) is 36.5 Å². The molecule has 8 heteroatoms. The molecule has 2 aromatic rings. The Morgan fingerprint density at radius 1 is 1.19 bits per heavy atom. The molecule has 0 atom stereocenters. The minimum atomic E-state index is -0.491. The maximum absolute atomic E-state index is 13.8. The number of piperidine rings is 1. The van der Waals surface area contributed by atoms with Crippen molar-refractivity contribution in [1.29, 1.82) is 0 Å². The van der Waals surface area contributed by atoms with Gasteiger partial charge < -0.3 is 19.7 Å². The third kappa shape index (κ3) is 3.77. The Balaban J connectivity index is 1.50. The summed E-state index contributed by atoms with van der Waals surface area (Å²) < 4.78 is 25.3. The molecule has 2 fully saturated rings. The van der Waals surface area contributed by atoms with Gasteiger partial charge in [-0.3, -0.25) is 4.79 Å². The second-order valence-electron chi connectivity index (χ2n) is 6.69. The molecule has 0 saturated carbocycles. The molecule has 0 bridgehead atoms. The second-order valence-corrected chi connectivity index (χ2v) is 6.69. The molecule has 1 spiro atoms. The summed E-state index contributed by atoms with van der Waals surface area (Å²) in [6, 6.07) is 7.67. The van der Waals surface area contributed by atoms with Gasteiger partial charge in [0, 0.05) is 32.0 Å². The zero-order valence-corrected chi connectivity index (χ0v) is 15.1. The number of nitrogens with one attached hydrogen (secondary N) is 1. The van der Waals surface area contributed by atoms with Crippen LogP contribution in [0.3, 0.4) is 0 Å². The number of amides is 1. The van der Waals surface area contributed by atoms with E-state index in [0.29, 0.717) is 37.9 Å². The highest BCUT2D eigenvalue weighted by atomic mass is 19.1. The Morgan fingerprint density at radius 2 is 1.89 bits per heavy atom. The van der Waals surface area contributed by atoms with Crippen LogP contribution < -0.4 is 10.2 Å². The van der Waals surface area contributed by atoms with Crippen molar-refractivity contribution in [2.45, 2.75) is 25.6 Å². The molecular weight excluding hydrogens is 351 g/mol. The summed E-state index contributed by atoms with van der Waals surface area (Å²) in [4.78, 5) is 23.3. The molecule has 1 aromatic carbocycles. The van der Waals surface area contributed by atoms with Crippen molar-refractivity contribution < 1.29 is 18.7 Å². The molecule has 0 aliphatic carbocycles. The van der Waals surface area contributed by atoms with E-state index in [4.69, 9.17) is 9.47 Å². The first-order valence-electron chi connectivity index (χ1n) is 8.99. The standard InChI is InChI=1S/C19H21FN4O3/c1-13-21-16(18(25)23-15-5-3-2-4-14(15)20)12-17(22-13)24-8-6-19(7-9-24)26-10-11-27-19/h2-5,12H,6-11H2,1H3,(H,23,25). The number of nitrogens with zero attached hydrogens (tertiary/aromatic N) is 3. The fourth-order valence-electron chi connectivity index (χ4n) is 3.44. The zero-order valence-electron chi connectivity index (χ0n) is 15.1. The van der Waals surface area contributed by atoms with E-state index in [1.807, 2.05) is 0 Å². The number of ether oxygens (including phenoxy) is 2. The number of aryl methyl sites for hydroxylation is 1. The molecule has 4 rings (SSSR count). The lowest BCUT2D eigenvalue weighted by Gasteiger charge is -2.38. The van der Waals surface area contributed by atoms with Crippen molar-refractivity contribution in [2.24, 2.45) is 0 Å². The zero-order chi connectivity index (χ0) is 18.9. The lowest BCUT2D eigenvalue weighted by Crippen LogP contribution is -2.45. The van der Waals surface area contributed by atoms with Gasteiger partial charge in [0.25, 0.3) is 5.91 Å². The number of benzene rings is 1. The molecule has 27 heavy (non-hydrogen) atoms. The van der Waals surface area contributed by atoms with Gasteiger partial charge in [0.1, 0.15) is 23.2 Å². The van der Waals surface area contributed by atoms with Crippen molar-refractivity contribution >= 4 is 17.4 Å². The third-order valence-corrected chi connectivity index (χ3v) is 4.84. The minimum absolute atomic E-state index is 0.121. The Hall–Kier alpha value is -2.58. The molecule has 2 aliphatic rings. The van der Waals surface area contributed by atoms with E-state index in [-0.39, 0.29) is 11.4 Å². The summed E-state index contributed by atoms with van der Waals surface area (Å²) in [7, 11) is 0. The van der Waals surface area contributed by atoms with E-state index in [1.165, 1.54) is 12.1 Å². The fraction of sp³-hybridized carbons (Fsp3) is 0.421. The summed E-state index contributed by atoms with van der Waals surface area (Å²) >= 11 is 0. The van der Waals surface area contributed by atoms with E-state index in [2.05, 4.69) is 20.2 Å². The maximum atomic E-state index is 13.8. The van der Waals surface area contributed by atoms with Crippen molar-refractivity contribution in [1.82, 2.24) is 9.97 Å². The Bertz CT molecular complexity index is 845. The Morgan fingerprint density at radius 3 is 2.59 bits per heavy atom. The average molecular weight is 372 g/mol. The van der Waals surface area contributed by atoms with Gasteiger partial charge in [-0.25, -0.2) is 14.4 Å². The number of carbonyl (C=O) groups excluding carboxylic acids is 1. The Labute approximate surface area is 156 Å². The van der Waals surface area contributed by atoms with Gasteiger partial charge in [0.15, 0.2) is 5.79 Å². The first kappa shape index (κ1) is 17.8. The number of hydrogen-bond donors (Lipinski definition) is 1. The molecule has 1 aromatic heterocycles. The summed E-state index contributed by atoms with van der Waals surface area (Å²) in [6.07, 6.45) is 1.49. The number of halogens is 1. The summed E-state index contributed by atoms with van der Waals surface area (Å²) in [6.45, 7) is 4.42. The van der Waals surface area contributed by atoms with Gasteiger partial charge in [-0.15, -0.1) is 0 Å². The predicted molar refractivity (Wildman–Crippen MR) is 97.2 cm³/mol. The van der Waals surface area contributed by atoms with Crippen LogP contribution in [0, 0.1) is 12.7 Å². The average Bonchev–Trinajstić information content (AvgIpc) is 3.11. The second kappa shape index (κ2) is 7.21. The highest BCUT2D eigenvalue weighted by molar-refractivity contribution is 6.03. The molecule has 1 amide bonds. The predicted octanol–water partition coefficient (Wildman–Crippen LogP) is 2.52. The van der Waals surface area contributed by atoms with Gasteiger partial charge in [-0.1, -0.05) is 12.1 Å². The molecule has 7 nitrogen and oxygen atoms in total. The number of hydrogen-bond acceptors (Lipinski definition) is 6. The normalized spacial score (nSPS) is 18.7. The number of aromatic nitrogens is 2.